The van der Waals surface area contributed by atoms with Crippen LogP contribution in [0.3, 0.4) is 0 Å². The molecule has 2 heterocycles. The van der Waals surface area contributed by atoms with Gasteiger partial charge in [0, 0.05) is 17.3 Å². The summed E-state index contributed by atoms with van der Waals surface area (Å²) >= 11 is 1.57. The molecule has 2 aromatic heterocycles. The zero-order valence-corrected chi connectivity index (χ0v) is 16.7. The van der Waals surface area contributed by atoms with Gasteiger partial charge >= 0.3 is 0 Å². The Morgan fingerprint density at radius 1 is 0.926 bits per heavy atom. The molecule has 0 unspecified atom stereocenters. The normalized spacial score (nSPS) is 10.7. The second kappa shape index (κ2) is 10.7. The fourth-order valence-corrected chi connectivity index (χ4v) is 3.52. The maximum atomic E-state index is 5.83. The van der Waals surface area contributed by atoms with E-state index >= 15 is 0 Å². The lowest BCUT2D eigenvalue weighted by Gasteiger charge is -2.08. The third-order valence-corrected chi connectivity index (χ3v) is 5.06. The quantitative estimate of drug-likeness (QED) is 0.376. The van der Waals surface area contributed by atoms with Crippen molar-refractivity contribution in [3.63, 3.8) is 0 Å². The third kappa shape index (κ3) is 6.36. The number of nitrogens with one attached hydrogen (secondary N) is 1. The Kier molecular flexibility index (Phi) is 7.66. The number of unbranched alkanes of at least 4 members (excludes halogenated alkanes) is 5. The molecule has 0 spiro atoms. The van der Waals surface area contributed by atoms with E-state index in [2.05, 4.69) is 22.2 Å². The van der Waals surface area contributed by atoms with Crippen LogP contribution in [0.5, 0.6) is 5.75 Å². The molecule has 142 valence electrons. The van der Waals surface area contributed by atoms with Crippen molar-refractivity contribution in [2.45, 2.75) is 45.4 Å². The molecule has 0 aliphatic rings. The molecule has 1 aromatic carbocycles. The number of anilines is 2. The zero-order valence-electron chi connectivity index (χ0n) is 15.9. The van der Waals surface area contributed by atoms with Crippen molar-refractivity contribution in [1.29, 1.82) is 0 Å². The van der Waals surface area contributed by atoms with Gasteiger partial charge in [0.05, 0.1) is 12.3 Å². The lowest BCUT2D eigenvalue weighted by atomic mass is 10.1. The minimum Gasteiger partial charge on any atom is -0.494 e. The van der Waals surface area contributed by atoms with Gasteiger partial charge in [-0.3, -0.25) is 4.98 Å². The Balaban J connectivity index is 1.43. The topological polar surface area (TPSA) is 47.0 Å². The van der Waals surface area contributed by atoms with Crippen LogP contribution in [0.2, 0.25) is 0 Å². The monoisotopic (exact) mass is 381 g/mol. The van der Waals surface area contributed by atoms with Crippen molar-refractivity contribution in [2.24, 2.45) is 0 Å². The van der Waals surface area contributed by atoms with E-state index in [1.165, 1.54) is 32.1 Å². The molecule has 0 saturated carbocycles. The van der Waals surface area contributed by atoms with E-state index in [9.17, 15) is 0 Å². The predicted molar refractivity (Wildman–Crippen MR) is 114 cm³/mol. The number of thiazole rings is 1. The minimum atomic E-state index is 0.790. The summed E-state index contributed by atoms with van der Waals surface area (Å²) in [5, 5.41) is 6.22. The minimum absolute atomic E-state index is 0.790. The fourth-order valence-electron chi connectivity index (χ4n) is 2.79. The smallest absolute Gasteiger partial charge is 0.187 e. The molecular weight excluding hydrogens is 354 g/mol. The highest BCUT2D eigenvalue weighted by molar-refractivity contribution is 7.14. The van der Waals surface area contributed by atoms with Crippen molar-refractivity contribution in [2.75, 3.05) is 11.9 Å². The van der Waals surface area contributed by atoms with Gasteiger partial charge in [0.25, 0.3) is 0 Å². The summed E-state index contributed by atoms with van der Waals surface area (Å²) < 4.78 is 5.83. The van der Waals surface area contributed by atoms with Crippen molar-refractivity contribution in [3.05, 3.63) is 54.0 Å². The standard InChI is InChI=1S/C22H27N3OS/c1-2-3-4-5-6-9-16-26-19-13-11-18(12-14-19)24-22-25-21(17-27-22)20-10-7-8-15-23-20/h7-8,10-15,17H,2-6,9,16H2,1H3,(H,24,25). The van der Waals surface area contributed by atoms with Crippen LogP contribution in [-0.4, -0.2) is 16.6 Å². The molecular formula is C22H27N3OS. The van der Waals surface area contributed by atoms with Gasteiger partial charge < -0.3 is 10.1 Å². The maximum absolute atomic E-state index is 5.83. The molecule has 0 amide bonds. The number of nitrogens with zero attached hydrogens (tertiary/aromatic N) is 2. The van der Waals surface area contributed by atoms with Crippen LogP contribution in [0.25, 0.3) is 11.4 Å². The molecule has 0 atom stereocenters. The number of aromatic nitrogens is 2. The van der Waals surface area contributed by atoms with E-state index in [4.69, 9.17) is 4.74 Å². The highest BCUT2D eigenvalue weighted by Gasteiger charge is 2.05. The van der Waals surface area contributed by atoms with Gasteiger partial charge in [-0.1, -0.05) is 45.1 Å². The van der Waals surface area contributed by atoms with Crippen molar-refractivity contribution < 1.29 is 4.74 Å². The molecule has 3 aromatic rings. The third-order valence-electron chi connectivity index (χ3n) is 4.30. The van der Waals surface area contributed by atoms with Crippen LogP contribution >= 0.6 is 11.3 Å². The van der Waals surface area contributed by atoms with Crippen LogP contribution < -0.4 is 10.1 Å². The van der Waals surface area contributed by atoms with Crippen LogP contribution in [0.1, 0.15) is 45.4 Å². The lowest BCUT2D eigenvalue weighted by molar-refractivity contribution is 0.304. The fraction of sp³-hybridized carbons (Fsp3) is 0.364. The van der Waals surface area contributed by atoms with E-state index in [1.807, 2.05) is 47.8 Å². The Labute approximate surface area is 165 Å². The number of hydrogen-bond acceptors (Lipinski definition) is 5. The average molecular weight is 382 g/mol. The molecule has 27 heavy (non-hydrogen) atoms. The molecule has 3 rings (SSSR count). The maximum Gasteiger partial charge on any atom is 0.187 e. The summed E-state index contributed by atoms with van der Waals surface area (Å²) in [4.78, 5) is 8.94. The van der Waals surface area contributed by atoms with Crippen LogP contribution in [0, 0.1) is 0 Å². The number of rotatable bonds is 11. The van der Waals surface area contributed by atoms with Gasteiger partial charge in [-0.15, -0.1) is 11.3 Å². The predicted octanol–water partition coefficient (Wildman–Crippen LogP) is 6.69. The average Bonchev–Trinajstić information content (AvgIpc) is 3.18. The van der Waals surface area contributed by atoms with Gasteiger partial charge in [0.15, 0.2) is 5.13 Å². The number of hydrogen-bond donors (Lipinski definition) is 1. The molecule has 5 heteroatoms. The van der Waals surface area contributed by atoms with Crippen LogP contribution in [0.15, 0.2) is 54.0 Å². The highest BCUT2D eigenvalue weighted by atomic mass is 32.1. The Morgan fingerprint density at radius 2 is 1.74 bits per heavy atom. The second-order valence-electron chi connectivity index (χ2n) is 6.52. The van der Waals surface area contributed by atoms with Gasteiger partial charge in [-0.25, -0.2) is 4.98 Å². The summed E-state index contributed by atoms with van der Waals surface area (Å²) in [6.07, 6.45) is 9.46. The summed E-state index contributed by atoms with van der Waals surface area (Å²) in [7, 11) is 0. The highest BCUT2D eigenvalue weighted by Crippen LogP contribution is 2.26. The van der Waals surface area contributed by atoms with Crippen molar-refractivity contribution >= 4 is 22.2 Å². The number of ether oxygens (including phenoxy) is 1. The van der Waals surface area contributed by atoms with Crippen LogP contribution in [-0.2, 0) is 0 Å². The second-order valence-corrected chi connectivity index (χ2v) is 7.38. The number of benzene rings is 1. The van der Waals surface area contributed by atoms with Crippen LogP contribution in [0.4, 0.5) is 10.8 Å². The molecule has 0 aliphatic heterocycles. The summed E-state index contributed by atoms with van der Waals surface area (Å²) in [6, 6.07) is 13.9. The van der Waals surface area contributed by atoms with E-state index in [1.54, 1.807) is 17.5 Å². The van der Waals surface area contributed by atoms with Gasteiger partial charge in [-0.05, 0) is 42.8 Å². The largest absolute Gasteiger partial charge is 0.494 e. The van der Waals surface area contributed by atoms with E-state index in [0.29, 0.717) is 0 Å². The first-order valence-electron chi connectivity index (χ1n) is 9.72. The Bertz CT molecular complexity index is 787. The first-order valence-corrected chi connectivity index (χ1v) is 10.6. The van der Waals surface area contributed by atoms with Crippen molar-refractivity contribution in [1.82, 2.24) is 9.97 Å². The van der Waals surface area contributed by atoms with E-state index in [-0.39, 0.29) is 0 Å². The molecule has 0 aliphatic carbocycles. The first kappa shape index (κ1) is 19.4. The van der Waals surface area contributed by atoms with Gasteiger partial charge in [0.1, 0.15) is 11.4 Å². The zero-order chi connectivity index (χ0) is 18.7. The Morgan fingerprint density at radius 3 is 2.52 bits per heavy atom. The van der Waals surface area contributed by atoms with E-state index in [0.717, 1.165) is 41.0 Å². The lowest BCUT2D eigenvalue weighted by Crippen LogP contribution is -1.97. The molecule has 0 saturated heterocycles. The van der Waals surface area contributed by atoms with E-state index < -0.39 is 0 Å². The molecule has 0 radical (unpaired) electrons. The van der Waals surface area contributed by atoms with Gasteiger partial charge in [-0.2, -0.15) is 0 Å². The number of pyridine rings is 1. The summed E-state index contributed by atoms with van der Waals surface area (Å²) in [5.74, 6) is 0.919. The Hall–Kier alpha value is -2.40. The van der Waals surface area contributed by atoms with Crippen molar-refractivity contribution in [3.8, 4) is 17.1 Å². The summed E-state index contributed by atoms with van der Waals surface area (Å²) in [6.45, 7) is 3.04. The molecule has 4 nitrogen and oxygen atoms in total. The summed E-state index contributed by atoms with van der Waals surface area (Å²) in [5.41, 5.74) is 2.78. The molecule has 1 N–H and O–H groups in total. The molecule has 0 fully saturated rings. The van der Waals surface area contributed by atoms with Gasteiger partial charge in [0.2, 0.25) is 0 Å². The first-order chi connectivity index (χ1) is 13.3. The SMILES string of the molecule is CCCCCCCCOc1ccc(Nc2nc(-c3ccccn3)cs2)cc1. The molecule has 0 bridgehead atoms.